The molecule has 1 saturated heterocycles. The highest BCUT2D eigenvalue weighted by molar-refractivity contribution is 5.95. The Morgan fingerprint density at radius 3 is 2.33 bits per heavy atom. The fourth-order valence-electron chi connectivity index (χ4n) is 3.15. The Morgan fingerprint density at radius 2 is 1.70 bits per heavy atom. The predicted molar refractivity (Wildman–Crippen MR) is 99.7 cm³/mol. The van der Waals surface area contributed by atoms with E-state index >= 15 is 0 Å². The molecule has 142 valence electrons. The molecule has 6 heteroatoms. The highest BCUT2D eigenvalue weighted by Crippen LogP contribution is 2.25. The lowest BCUT2D eigenvalue weighted by atomic mass is 9.86. The molecule has 0 bridgehead atoms. The van der Waals surface area contributed by atoms with Gasteiger partial charge in [0, 0.05) is 18.8 Å². The quantitative estimate of drug-likeness (QED) is 0.784. The van der Waals surface area contributed by atoms with Crippen LogP contribution in [0.15, 0.2) is 54.6 Å². The number of carboxylic acids is 1. The first kappa shape index (κ1) is 18.9. The first-order valence-corrected chi connectivity index (χ1v) is 8.95. The molecule has 3 rings (SSSR count). The SMILES string of the molecule is O=C(O)CC1(NC(=O)c2ccc(OCc3ccccc3)cc2)CCOCC1. The summed E-state index contributed by atoms with van der Waals surface area (Å²) in [5.41, 5.74) is 0.775. The lowest BCUT2D eigenvalue weighted by molar-refractivity contribution is -0.139. The highest BCUT2D eigenvalue weighted by atomic mass is 16.5. The van der Waals surface area contributed by atoms with E-state index < -0.39 is 11.5 Å². The summed E-state index contributed by atoms with van der Waals surface area (Å²) in [4.78, 5) is 23.8. The van der Waals surface area contributed by atoms with Crippen LogP contribution in [0.1, 0.15) is 35.2 Å². The van der Waals surface area contributed by atoms with Crippen LogP contribution in [0.2, 0.25) is 0 Å². The second kappa shape index (κ2) is 8.68. The minimum Gasteiger partial charge on any atom is -0.489 e. The van der Waals surface area contributed by atoms with Crippen LogP contribution in [-0.2, 0) is 16.1 Å². The molecule has 1 aliphatic heterocycles. The van der Waals surface area contributed by atoms with Gasteiger partial charge in [-0.2, -0.15) is 0 Å². The summed E-state index contributed by atoms with van der Waals surface area (Å²) in [6, 6.07) is 16.7. The van der Waals surface area contributed by atoms with Crippen LogP contribution in [0.3, 0.4) is 0 Å². The molecular formula is C21H23NO5. The van der Waals surface area contributed by atoms with Gasteiger partial charge in [0.05, 0.1) is 12.0 Å². The molecule has 0 atom stereocenters. The first-order chi connectivity index (χ1) is 13.1. The van der Waals surface area contributed by atoms with Crippen molar-refractivity contribution in [2.24, 2.45) is 0 Å². The summed E-state index contributed by atoms with van der Waals surface area (Å²) in [6.07, 6.45) is 0.868. The van der Waals surface area contributed by atoms with Gasteiger partial charge < -0.3 is 19.9 Å². The fraction of sp³-hybridized carbons (Fsp3) is 0.333. The summed E-state index contributed by atoms with van der Waals surface area (Å²) >= 11 is 0. The molecule has 0 saturated carbocycles. The molecule has 0 aromatic heterocycles. The molecule has 0 spiro atoms. The average Bonchev–Trinajstić information content (AvgIpc) is 2.67. The Hall–Kier alpha value is -2.86. The third kappa shape index (κ3) is 5.31. The highest BCUT2D eigenvalue weighted by Gasteiger charge is 2.36. The Labute approximate surface area is 158 Å². The number of amides is 1. The third-order valence-corrected chi connectivity index (χ3v) is 4.68. The van der Waals surface area contributed by atoms with E-state index in [0.29, 0.717) is 44.0 Å². The molecule has 6 nitrogen and oxygen atoms in total. The van der Waals surface area contributed by atoms with Crippen molar-refractivity contribution in [3.63, 3.8) is 0 Å². The number of nitrogens with one attached hydrogen (secondary N) is 1. The van der Waals surface area contributed by atoms with Gasteiger partial charge in [-0.05, 0) is 42.7 Å². The zero-order valence-corrected chi connectivity index (χ0v) is 15.0. The van der Waals surface area contributed by atoms with Gasteiger partial charge in [-0.1, -0.05) is 30.3 Å². The van der Waals surface area contributed by atoms with Gasteiger partial charge in [0.25, 0.3) is 5.91 Å². The number of carbonyl (C=O) groups is 2. The van der Waals surface area contributed by atoms with E-state index in [1.165, 1.54) is 0 Å². The maximum Gasteiger partial charge on any atom is 0.305 e. The van der Waals surface area contributed by atoms with E-state index in [1.54, 1.807) is 24.3 Å². The maximum atomic E-state index is 12.6. The fourth-order valence-corrected chi connectivity index (χ4v) is 3.15. The van der Waals surface area contributed by atoms with Crippen LogP contribution < -0.4 is 10.1 Å². The number of carbonyl (C=O) groups excluding carboxylic acids is 1. The van der Waals surface area contributed by atoms with E-state index in [0.717, 1.165) is 5.56 Å². The molecule has 1 amide bonds. The molecule has 27 heavy (non-hydrogen) atoms. The van der Waals surface area contributed by atoms with E-state index in [9.17, 15) is 14.7 Å². The van der Waals surface area contributed by atoms with Gasteiger partial charge in [0.1, 0.15) is 12.4 Å². The number of hydrogen-bond donors (Lipinski definition) is 2. The molecule has 1 fully saturated rings. The number of ether oxygens (including phenoxy) is 2. The van der Waals surface area contributed by atoms with Gasteiger partial charge in [0.2, 0.25) is 0 Å². The standard InChI is InChI=1S/C21H23NO5/c23-19(24)14-21(10-12-26-13-11-21)22-20(25)17-6-8-18(9-7-17)27-15-16-4-2-1-3-5-16/h1-9H,10-15H2,(H,22,25)(H,23,24). The van der Waals surface area contributed by atoms with Crippen LogP contribution in [0, 0.1) is 0 Å². The zero-order chi connectivity index (χ0) is 19.1. The van der Waals surface area contributed by atoms with Crippen LogP contribution in [0.25, 0.3) is 0 Å². The molecule has 2 aromatic carbocycles. The summed E-state index contributed by atoms with van der Waals surface area (Å²) in [5, 5.41) is 12.1. The second-order valence-corrected chi connectivity index (χ2v) is 6.72. The van der Waals surface area contributed by atoms with Crippen molar-refractivity contribution >= 4 is 11.9 Å². The molecular weight excluding hydrogens is 346 g/mol. The molecule has 0 radical (unpaired) electrons. The van der Waals surface area contributed by atoms with Crippen molar-refractivity contribution in [1.29, 1.82) is 0 Å². The monoisotopic (exact) mass is 369 g/mol. The van der Waals surface area contributed by atoms with E-state index in [2.05, 4.69) is 5.32 Å². The predicted octanol–water partition coefficient (Wildman–Crippen LogP) is 3.02. The second-order valence-electron chi connectivity index (χ2n) is 6.72. The molecule has 0 aliphatic carbocycles. The molecule has 2 aromatic rings. The van der Waals surface area contributed by atoms with Crippen molar-refractivity contribution in [3.8, 4) is 5.75 Å². The lowest BCUT2D eigenvalue weighted by Gasteiger charge is -2.36. The lowest BCUT2D eigenvalue weighted by Crippen LogP contribution is -2.53. The number of carboxylic acid groups (broad SMARTS) is 1. The van der Waals surface area contributed by atoms with E-state index in [1.807, 2.05) is 30.3 Å². The average molecular weight is 369 g/mol. The van der Waals surface area contributed by atoms with Crippen molar-refractivity contribution in [2.75, 3.05) is 13.2 Å². The van der Waals surface area contributed by atoms with Crippen LogP contribution >= 0.6 is 0 Å². The summed E-state index contributed by atoms with van der Waals surface area (Å²) in [6.45, 7) is 1.34. The number of rotatable bonds is 7. The zero-order valence-electron chi connectivity index (χ0n) is 15.0. The first-order valence-electron chi connectivity index (χ1n) is 8.95. The smallest absolute Gasteiger partial charge is 0.305 e. The van der Waals surface area contributed by atoms with Gasteiger partial charge in [0.15, 0.2) is 0 Å². The van der Waals surface area contributed by atoms with E-state index in [4.69, 9.17) is 9.47 Å². The largest absolute Gasteiger partial charge is 0.489 e. The Bertz CT molecular complexity index is 767. The van der Waals surface area contributed by atoms with Crippen molar-refractivity contribution in [3.05, 3.63) is 65.7 Å². The van der Waals surface area contributed by atoms with Gasteiger partial charge >= 0.3 is 5.97 Å². The van der Waals surface area contributed by atoms with Crippen LogP contribution in [0.5, 0.6) is 5.75 Å². The number of hydrogen-bond acceptors (Lipinski definition) is 4. The minimum absolute atomic E-state index is 0.111. The van der Waals surface area contributed by atoms with Crippen molar-refractivity contribution in [2.45, 2.75) is 31.4 Å². The molecule has 1 heterocycles. The van der Waals surface area contributed by atoms with E-state index in [-0.39, 0.29) is 12.3 Å². The Morgan fingerprint density at radius 1 is 1.04 bits per heavy atom. The molecule has 1 aliphatic rings. The maximum absolute atomic E-state index is 12.6. The Kier molecular flexibility index (Phi) is 6.08. The van der Waals surface area contributed by atoms with Crippen molar-refractivity contribution < 1.29 is 24.2 Å². The number of aliphatic carboxylic acids is 1. The van der Waals surface area contributed by atoms with Gasteiger partial charge in [-0.15, -0.1) is 0 Å². The molecule has 0 unspecified atom stereocenters. The Balaban J connectivity index is 1.61. The topological polar surface area (TPSA) is 84.9 Å². The normalized spacial score (nSPS) is 15.7. The third-order valence-electron chi connectivity index (χ3n) is 4.68. The summed E-state index contributed by atoms with van der Waals surface area (Å²) < 4.78 is 11.0. The minimum atomic E-state index is -0.929. The number of benzene rings is 2. The summed E-state index contributed by atoms with van der Waals surface area (Å²) in [5.74, 6) is -0.545. The van der Waals surface area contributed by atoms with Crippen molar-refractivity contribution in [1.82, 2.24) is 5.32 Å². The molecule has 2 N–H and O–H groups in total. The summed E-state index contributed by atoms with van der Waals surface area (Å²) in [7, 11) is 0. The van der Waals surface area contributed by atoms with Gasteiger partial charge in [-0.3, -0.25) is 9.59 Å². The van der Waals surface area contributed by atoms with Gasteiger partial charge in [-0.25, -0.2) is 0 Å². The van der Waals surface area contributed by atoms with Crippen LogP contribution in [-0.4, -0.2) is 35.7 Å². The van der Waals surface area contributed by atoms with Crippen LogP contribution in [0.4, 0.5) is 0 Å².